The van der Waals surface area contributed by atoms with E-state index in [-0.39, 0.29) is 12.5 Å². The van der Waals surface area contributed by atoms with Crippen LogP contribution in [0.4, 0.5) is 5.69 Å². The van der Waals surface area contributed by atoms with Gasteiger partial charge in [0.1, 0.15) is 6.61 Å². The van der Waals surface area contributed by atoms with E-state index in [4.69, 9.17) is 28.3 Å². The number of carbonyl (C=O) groups is 1. The summed E-state index contributed by atoms with van der Waals surface area (Å²) in [5.41, 5.74) is 1.59. The Morgan fingerprint density at radius 2 is 1.90 bits per heavy atom. The molecule has 1 amide bonds. The molecule has 3 nitrogen and oxygen atoms in total. The molecule has 0 aromatic heterocycles. The highest BCUT2D eigenvalue weighted by atomic mass is 35.5. The summed E-state index contributed by atoms with van der Waals surface area (Å²) in [5.74, 6) is 5.02. The maximum Gasteiger partial charge on any atom is 0.255 e. The third-order valence-corrected chi connectivity index (χ3v) is 3.40. The zero-order valence-corrected chi connectivity index (χ0v) is 12.4. The first kappa shape index (κ1) is 15.4. The SMILES string of the molecule is O=C(Nc1ccccc1C#CCO)c1ccc(Cl)c(Cl)c1. The molecule has 0 saturated carbocycles. The Kier molecular flexibility index (Phi) is 5.24. The lowest BCUT2D eigenvalue weighted by molar-refractivity contribution is 0.102. The monoisotopic (exact) mass is 319 g/mol. The van der Waals surface area contributed by atoms with Crippen LogP contribution < -0.4 is 5.32 Å². The lowest BCUT2D eigenvalue weighted by atomic mass is 10.1. The molecule has 0 saturated heterocycles. The number of amides is 1. The number of aliphatic hydroxyl groups excluding tert-OH is 1. The molecule has 0 atom stereocenters. The predicted octanol–water partition coefficient (Wildman–Crippen LogP) is 3.59. The van der Waals surface area contributed by atoms with Gasteiger partial charge in [-0.3, -0.25) is 4.79 Å². The molecular formula is C16H11Cl2NO2. The van der Waals surface area contributed by atoms with E-state index < -0.39 is 0 Å². The van der Waals surface area contributed by atoms with Gasteiger partial charge in [-0.2, -0.15) is 0 Å². The van der Waals surface area contributed by atoms with Crippen LogP contribution >= 0.6 is 23.2 Å². The van der Waals surface area contributed by atoms with Crippen LogP contribution in [0.1, 0.15) is 15.9 Å². The van der Waals surface area contributed by atoms with Crippen molar-refractivity contribution in [3.63, 3.8) is 0 Å². The van der Waals surface area contributed by atoms with Gasteiger partial charge in [-0.1, -0.05) is 47.2 Å². The first-order valence-corrected chi connectivity index (χ1v) is 6.82. The molecule has 2 N–H and O–H groups in total. The molecule has 0 spiro atoms. The van der Waals surface area contributed by atoms with Crippen LogP contribution in [-0.4, -0.2) is 17.6 Å². The summed E-state index contributed by atoms with van der Waals surface area (Å²) in [4.78, 5) is 12.2. The topological polar surface area (TPSA) is 49.3 Å². The number of hydrogen-bond donors (Lipinski definition) is 2. The first-order valence-electron chi connectivity index (χ1n) is 6.07. The van der Waals surface area contributed by atoms with Gasteiger partial charge in [-0.05, 0) is 30.3 Å². The molecule has 2 aromatic carbocycles. The Labute approximate surface area is 132 Å². The maximum absolute atomic E-state index is 12.2. The summed E-state index contributed by atoms with van der Waals surface area (Å²) in [6, 6.07) is 11.7. The highest BCUT2D eigenvalue weighted by molar-refractivity contribution is 6.42. The van der Waals surface area contributed by atoms with E-state index in [1.54, 1.807) is 36.4 Å². The zero-order valence-electron chi connectivity index (χ0n) is 10.9. The third kappa shape index (κ3) is 3.99. The molecule has 2 aromatic rings. The van der Waals surface area contributed by atoms with Gasteiger partial charge < -0.3 is 10.4 Å². The van der Waals surface area contributed by atoms with Crippen LogP contribution in [0.3, 0.4) is 0 Å². The maximum atomic E-state index is 12.2. The van der Waals surface area contributed by atoms with Crippen molar-refractivity contribution in [1.82, 2.24) is 0 Å². The van der Waals surface area contributed by atoms with Crippen molar-refractivity contribution in [3.8, 4) is 11.8 Å². The Hall–Kier alpha value is -1.99. The molecular weight excluding hydrogens is 309 g/mol. The average molecular weight is 320 g/mol. The molecule has 0 radical (unpaired) electrons. The molecule has 21 heavy (non-hydrogen) atoms. The summed E-state index contributed by atoms with van der Waals surface area (Å²) in [6.07, 6.45) is 0. The van der Waals surface area contributed by atoms with E-state index in [1.165, 1.54) is 6.07 Å². The Balaban J connectivity index is 2.25. The van der Waals surface area contributed by atoms with Crippen LogP contribution in [0.2, 0.25) is 10.0 Å². The van der Waals surface area contributed by atoms with Gasteiger partial charge in [0.05, 0.1) is 15.7 Å². The van der Waals surface area contributed by atoms with E-state index in [0.29, 0.717) is 26.9 Å². The minimum Gasteiger partial charge on any atom is -0.384 e. The minimum absolute atomic E-state index is 0.241. The second-order valence-electron chi connectivity index (χ2n) is 4.09. The summed E-state index contributed by atoms with van der Waals surface area (Å²) in [7, 11) is 0. The fourth-order valence-corrected chi connectivity index (χ4v) is 1.97. The van der Waals surface area contributed by atoms with Crippen LogP contribution in [0.5, 0.6) is 0 Å². The van der Waals surface area contributed by atoms with Crippen LogP contribution in [-0.2, 0) is 0 Å². The molecule has 2 rings (SSSR count). The third-order valence-electron chi connectivity index (χ3n) is 2.66. The van der Waals surface area contributed by atoms with E-state index in [2.05, 4.69) is 17.2 Å². The second kappa shape index (κ2) is 7.14. The zero-order chi connectivity index (χ0) is 15.2. The van der Waals surface area contributed by atoms with Crippen LogP contribution in [0, 0.1) is 11.8 Å². The van der Waals surface area contributed by atoms with E-state index in [0.717, 1.165) is 0 Å². The quantitative estimate of drug-likeness (QED) is 0.831. The van der Waals surface area contributed by atoms with Gasteiger partial charge in [-0.25, -0.2) is 0 Å². The van der Waals surface area contributed by atoms with Crippen molar-refractivity contribution >= 4 is 34.8 Å². The van der Waals surface area contributed by atoms with Crippen LogP contribution in [0.15, 0.2) is 42.5 Å². The average Bonchev–Trinajstić information content (AvgIpc) is 2.49. The number of para-hydroxylation sites is 1. The minimum atomic E-state index is -0.313. The fraction of sp³-hybridized carbons (Fsp3) is 0.0625. The van der Waals surface area contributed by atoms with Gasteiger partial charge in [0.15, 0.2) is 0 Å². The largest absolute Gasteiger partial charge is 0.384 e. The number of nitrogens with one attached hydrogen (secondary N) is 1. The van der Waals surface area contributed by atoms with E-state index >= 15 is 0 Å². The van der Waals surface area contributed by atoms with Gasteiger partial charge in [-0.15, -0.1) is 0 Å². The van der Waals surface area contributed by atoms with Crippen molar-refractivity contribution in [2.75, 3.05) is 11.9 Å². The molecule has 0 heterocycles. The first-order chi connectivity index (χ1) is 10.1. The summed E-state index contributed by atoms with van der Waals surface area (Å²) in [5, 5.41) is 12.2. The number of rotatable bonds is 2. The van der Waals surface area contributed by atoms with Crippen molar-refractivity contribution < 1.29 is 9.90 Å². The van der Waals surface area contributed by atoms with Crippen molar-refractivity contribution in [1.29, 1.82) is 0 Å². The number of hydrogen-bond acceptors (Lipinski definition) is 2. The van der Waals surface area contributed by atoms with Crippen molar-refractivity contribution in [3.05, 3.63) is 63.6 Å². The smallest absolute Gasteiger partial charge is 0.255 e. The Morgan fingerprint density at radius 1 is 1.14 bits per heavy atom. The lowest BCUT2D eigenvalue weighted by Gasteiger charge is -2.08. The van der Waals surface area contributed by atoms with Crippen LogP contribution in [0.25, 0.3) is 0 Å². The van der Waals surface area contributed by atoms with Gasteiger partial charge in [0, 0.05) is 11.1 Å². The highest BCUT2D eigenvalue weighted by Crippen LogP contribution is 2.23. The van der Waals surface area contributed by atoms with Crippen molar-refractivity contribution in [2.24, 2.45) is 0 Å². The molecule has 0 aliphatic carbocycles. The second-order valence-corrected chi connectivity index (χ2v) is 4.90. The van der Waals surface area contributed by atoms with E-state index in [1.807, 2.05) is 0 Å². The van der Waals surface area contributed by atoms with Gasteiger partial charge >= 0.3 is 0 Å². The molecule has 0 unspecified atom stereocenters. The summed E-state index contributed by atoms with van der Waals surface area (Å²) >= 11 is 11.7. The molecule has 0 fully saturated rings. The molecule has 5 heteroatoms. The molecule has 0 bridgehead atoms. The molecule has 0 aliphatic rings. The van der Waals surface area contributed by atoms with E-state index in [9.17, 15) is 4.79 Å². The number of aliphatic hydroxyl groups is 1. The normalized spacial score (nSPS) is 9.67. The number of carbonyl (C=O) groups excluding carboxylic acids is 1. The number of benzene rings is 2. The fourth-order valence-electron chi connectivity index (χ4n) is 1.67. The Bertz CT molecular complexity index is 733. The summed E-state index contributed by atoms with van der Waals surface area (Å²) in [6.45, 7) is -0.241. The standard InChI is InChI=1S/C16H11Cl2NO2/c17-13-8-7-12(10-14(13)18)16(21)19-15-6-2-1-4-11(15)5-3-9-20/h1-2,4,6-8,10,20H,9H2,(H,19,21). The Morgan fingerprint density at radius 3 is 2.62 bits per heavy atom. The van der Waals surface area contributed by atoms with Gasteiger partial charge in [0.25, 0.3) is 5.91 Å². The number of anilines is 1. The summed E-state index contributed by atoms with van der Waals surface area (Å²) < 4.78 is 0. The van der Waals surface area contributed by atoms with Gasteiger partial charge in [0.2, 0.25) is 0 Å². The predicted molar refractivity (Wildman–Crippen MR) is 84.8 cm³/mol. The van der Waals surface area contributed by atoms with Crippen molar-refractivity contribution in [2.45, 2.75) is 0 Å². The molecule has 106 valence electrons. The molecule has 0 aliphatic heterocycles. The highest BCUT2D eigenvalue weighted by Gasteiger charge is 2.10. The lowest BCUT2D eigenvalue weighted by Crippen LogP contribution is -2.12. The number of halogens is 2.